The number of anilines is 3. The van der Waals surface area contributed by atoms with Gasteiger partial charge in [0.2, 0.25) is 5.91 Å². The van der Waals surface area contributed by atoms with Gasteiger partial charge in [0.15, 0.2) is 5.82 Å². The third kappa shape index (κ3) is 9.33. The Morgan fingerprint density at radius 3 is 2.22 bits per heavy atom. The Bertz CT molecular complexity index is 1920. The lowest BCUT2D eigenvalue weighted by Crippen LogP contribution is -2.44. The molecule has 2 aliphatic rings. The number of aromatic nitrogens is 1. The molecule has 51 heavy (non-hydrogen) atoms. The van der Waals surface area contributed by atoms with Crippen LogP contribution in [0.5, 0.6) is 0 Å². The number of carbonyl (C=O) groups is 4. The minimum absolute atomic E-state index is 0.0469. The average Bonchev–Trinajstić information content (AvgIpc) is 3.03. The van der Waals surface area contributed by atoms with Gasteiger partial charge < -0.3 is 24.8 Å². The topological polar surface area (TPSA) is 148 Å². The molecule has 1 atom stereocenters. The number of pyridine rings is 1. The van der Waals surface area contributed by atoms with E-state index in [0.717, 1.165) is 16.0 Å². The summed E-state index contributed by atoms with van der Waals surface area (Å²) in [4.78, 5) is 58.4. The summed E-state index contributed by atoms with van der Waals surface area (Å²) < 4.78 is 16.7. The Labute approximate surface area is 297 Å². The normalized spacial score (nSPS) is 16.4. The van der Waals surface area contributed by atoms with E-state index in [4.69, 9.17) is 14.2 Å². The summed E-state index contributed by atoms with van der Waals surface area (Å²) in [6.45, 7) is 14.5. The summed E-state index contributed by atoms with van der Waals surface area (Å²) in [5.41, 5.74) is 1.31. The van der Waals surface area contributed by atoms with Crippen molar-refractivity contribution < 1.29 is 33.4 Å². The second kappa shape index (κ2) is 14.3. The van der Waals surface area contributed by atoms with Crippen LogP contribution < -0.4 is 20.9 Å². The molecule has 1 unspecified atom stereocenters. The highest BCUT2D eigenvalue weighted by atomic mass is 16.6. The van der Waals surface area contributed by atoms with Gasteiger partial charge in [-0.2, -0.15) is 4.90 Å². The quantitative estimate of drug-likeness (QED) is 0.180. The van der Waals surface area contributed by atoms with E-state index in [1.54, 1.807) is 77.9 Å². The minimum atomic E-state index is -0.923. The van der Waals surface area contributed by atoms with Crippen molar-refractivity contribution in [1.29, 1.82) is 0 Å². The number of nitrogens with zero attached hydrogens (tertiary/aromatic N) is 2. The molecule has 3 heterocycles. The average molecular weight is 696 g/mol. The fraction of sp³-hybridized carbons (Fsp3) is 0.359. The molecule has 6 rings (SSSR count). The molecule has 1 aromatic heterocycles. The van der Waals surface area contributed by atoms with Gasteiger partial charge in [-0.1, -0.05) is 50.2 Å². The number of rotatable bonds is 3. The number of hydrogen-bond acceptors (Lipinski definition) is 9. The Kier molecular flexibility index (Phi) is 10.3. The Morgan fingerprint density at radius 1 is 0.902 bits per heavy atom. The number of nitrogens with one attached hydrogen (secondary N) is 3. The fourth-order valence-corrected chi connectivity index (χ4v) is 5.42. The molecule has 268 valence electrons. The molecule has 0 spiro atoms. The number of ether oxygens (including phenoxy) is 3. The lowest BCUT2D eigenvalue weighted by molar-refractivity contribution is -0.122. The predicted octanol–water partition coefficient (Wildman–Crippen LogP) is 8.22. The van der Waals surface area contributed by atoms with E-state index in [1.165, 1.54) is 6.20 Å². The Morgan fingerprint density at radius 2 is 1.57 bits per heavy atom. The largest absolute Gasteiger partial charge is 0.448 e. The first-order valence-electron chi connectivity index (χ1n) is 16.7. The first kappa shape index (κ1) is 36.6. The smallest absolute Gasteiger partial charge is 0.425 e. The molecule has 3 aromatic carbocycles. The van der Waals surface area contributed by atoms with Gasteiger partial charge in [0, 0.05) is 34.9 Å². The summed E-state index contributed by atoms with van der Waals surface area (Å²) in [7, 11) is 0. The zero-order valence-electron chi connectivity index (χ0n) is 30.2. The van der Waals surface area contributed by atoms with Crippen molar-refractivity contribution in [2.45, 2.75) is 84.6 Å². The van der Waals surface area contributed by atoms with Crippen LogP contribution in [0.2, 0.25) is 0 Å². The van der Waals surface area contributed by atoms with Crippen molar-refractivity contribution in [2.24, 2.45) is 0 Å². The van der Waals surface area contributed by atoms with Crippen molar-refractivity contribution in [3.05, 3.63) is 95.7 Å². The molecule has 12 nitrogen and oxygen atoms in total. The first-order valence-corrected chi connectivity index (χ1v) is 16.7. The predicted molar refractivity (Wildman–Crippen MR) is 196 cm³/mol. The van der Waals surface area contributed by atoms with Crippen LogP contribution in [-0.4, -0.2) is 47.0 Å². The van der Waals surface area contributed by atoms with Gasteiger partial charge >= 0.3 is 18.3 Å². The monoisotopic (exact) mass is 695 g/mol. The van der Waals surface area contributed by atoms with Crippen molar-refractivity contribution >= 4 is 52.2 Å². The van der Waals surface area contributed by atoms with Gasteiger partial charge in [0.1, 0.15) is 23.9 Å². The number of imide groups is 1. The maximum absolute atomic E-state index is 13.9. The van der Waals surface area contributed by atoms with Crippen LogP contribution in [0.3, 0.4) is 0 Å². The summed E-state index contributed by atoms with van der Waals surface area (Å²) in [6, 6.07) is 21.0. The van der Waals surface area contributed by atoms with Crippen molar-refractivity contribution in [3.8, 4) is 0 Å². The molecule has 0 aliphatic carbocycles. The standard InChI is InChI=1S/C39H45N5O7/c1-37(2,3)50-35(47)44(36(48)51-38(4,5)6)32-30-17-16-29(21-26(30)18-19-40-32)42-31-25-12-14-27(15-13-25)39(7,8)23-49-34(46)43-28-11-9-10-24(20-28)22-41-33(31)45/h9-21,31,42H,22-23H2,1-8H3,(H,41,45)(H,43,46). The maximum atomic E-state index is 13.9. The van der Waals surface area contributed by atoms with Gasteiger partial charge in [-0.25, -0.2) is 19.4 Å². The van der Waals surface area contributed by atoms with E-state index < -0.39 is 40.9 Å². The van der Waals surface area contributed by atoms with Crippen molar-refractivity contribution in [3.63, 3.8) is 0 Å². The highest BCUT2D eigenvalue weighted by Gasteiger charge is 2.35. The van der Waals surface area contributed by atoms with Gasteiger partial charge in [-0.3, -0.25) is 10.1 Å². The molecule has 4 aromatic rings. The van der Waals surface area contributed by atoms with E-state index in [2.05, 4.69) is 20.9 Å². The van der Waals surface area contributed by atoms with Crippen molar-refractivity contribution in [1.82, 2.24) is 10.3 Å². The zero-order valence-corrected chi connectivity index (χ0v) is 30.2. The van der Waals surface area contributed by atoms with E-state index in [9.17, 15) is 19.2 Å². The van der Waals surface area contributed by atoms with E-state index in [1.807, 2.05) is 50.2 Å². The van der Waals surface area contributed by atoms with Gasteiger partial charge in [0.05, 0.1) is 0 Å². The first-order chi connectivity index (χ1) is 23.9. The number of benzene rings is 3. The van der Waals surface area contributed by atoms with Gasteiger partial charge in [-0.15, -0.1) is 0 Å². The number of fused-ring (bicyclic) bond motifs is 10. The molecule has 4 bridgehead atoms. The summed E-state index contributed by atoms with van der Waals surface area (Å²) in [6.07, 6.45) is -0.915. The molecule has 4 amide bonds. The molecular weight excluding hydrogens is 650 g/mol. The lowest BCUT2D eigenvalue weighted by atomic mass is 9.84. The highest BCUT2D eigenvalue weighted by Crippen LogP contribution is 2.32. The maximum Gasteiger partial charge on any atom is 0.425 e. The molecular formula is C39H45N5O7. The molecule has 0 saturated carbocycles. The molecule has 12 heteroatoms. The van der Waals surface area contributed by atoms with Crippen LogP contribution in [0, 0.1) is 0 Å². The van der Waals surface area contributed by atoms with Crippen LogP contribution in [-0.2, 0) is 31.0 Å². The molecule has 0 radical (unpaired) electrons. The second-order valence-corrected chi connectivity index (χ2v) is 15.1. The molecule has 2 aliphatic heterocycles. The van der Waals surface area contributed by atoms with Crippen LogP contribution in [0.4, 0.5) is 31.6 Å². The summed E-state index contributed by atoms with van der Waals surface area (Å²) in [5, 5.41) is 10.3. The Hall–Kier alpha value is -5.65. The van der Waals surface area contributed by atoms with Crippen LogP contribution in [0.25, 0.3) is 10.8 Å². The van der Waals surface area contributed by atoms with Crippen LogP contribution >= 0.6 is 0 Å². The molecule has 0 saturated heterocycles. The summed E-state index contributed by atoms with van der Waals surface area (Å²) in [5.74, 6) is -0.228. The highest BCUT2D eigenvalue weighted by molar-refractivity contribution is 6.14. The third-order valence-corrected chi connectivity index (χ3v) is 7.91. The molecule has 0 fully saturated rings. The van der Waals surface area contributed by atoms with E-state index in [-0.39, 0.29) is 24.9 Å². The fourth-order valence-electron chi connectivity index (χ4n) is 5.42. The zero-order chi connectivity index (χ0) is 37.1. The van der Waals surface area contributed by atoms with Crippen molar-refractivity contribution in [2.75, 3.05) is 22.1 Å². The SMILES string of the molecule is CC(C)(C)OC(=O)N(C(=O)OC(C)(C)C)c1nccc2cc(NC3C(=O)NCc4cccc(c4)NC(=O)OCC(C)(C)c4ccc3cc4)ccc12. The van der Waals surface area contributed by atoms with E-state index in [0.29, 0.717) is 27.7 Å². The number of carbonyl (C=O) groups excluding carboxylic acids is 4. The third-order valence-electron chi connectivity index (χ3n) is 7.91. The van der Waals surface area contributed by atoms with Crippen LogP contribution in [0.1, 0.15) is 78.1 Å². The number of amides is 4. The second-order valence-electron chi connectivity index (χ2n) is 15.1. The number of hydrogen-bond donors (Lipinski definition) is 3. The van der Waals surface area contributed by atoms with Gasteiger partial charge in [-0.05, 0) is 100 Å². The molecule has 3 N–H and O–H groups in total. The van der Waals surface area contributed by atoms with Crippen LogP contribution in [0.15, 0.2) is 79.0 Å². The minimum Gasteiger partial charge on any atom is -0.448 e. The van der Waals surface area contributed by atoms with Gasteiger partial charge in [0.25, 0.3) is 0 Å². The lowest BCUT2D eigenvalue weighted by Gasteiger charge is -2.28. The van der Waals surface area contributed by atoms with E-state index >= 15 is 0 Å². The Balaban J connectivity index is 1.51. The summed E-state index contributed by atoms with van der Waals surface area (Å²) >= 11 is 0.